The molecule has 3 aromatic carbocycles. The summed E-state index contributed by atoms with van der Waals surface area (Å²) in [5, 5.41) is 2.21. The number of carbonyl (C=O) groups is 2. The van der Waals surface area contributed by atoms with Gasteiger partial charge in [0, 0.05) is 36.4 Å². The van der Waals surface area contributed by atoms with Gasteiger partial charge in [-0.15, -0.1) is 0 Å². The lowest BCUT2D eigenvalue weighted by Gasteiger charge is -2.28. The minimum absolute atomic E-state index is 0.0107. The van der Waals surface area contributed by atoms with Crippen LogP contribution in [0.25, 0.3) is 44.2 Å². The summed E-state index contributed by atoms with van der Waals surface area (Å²) in [6.45, 7) is 16.3. The van der Waals surface area contributed by atoms with Gasteiger partial charge in [0.25, 0.3) is 0 Å². The third kappa shape index (κ3) is 6.34. The van der Waals surface area contributed by atoms with Gasteiger partial charge in [0.2, 0.25) is 11.8 Å². The molecule has 2 amide bonds. The van der Waals surface area contributed by atoms with Gasteiger partial charge in [-0.05, 0) is 89.9 Å². The highest BCUT2D eigenvalue weighted by Crippen LogP contribution is 2.45. The molecule has 2 aromatic heterocycles. The first kappa shape index (κ1) is 35.8. The van der Waals surface area contributed by atoms with Crippen molar-refractivity contribution in [2.45, 2.75) is 104 Å². The number of nitrogens with zero attached hydrogens (tertiary/aromatic N) is 5. The lowest BCUT2D eigenvalue weighted by molar-refractivity contribution is -0.135. The van der Waals surface area contributed by atoms with Crippen LogP contribution in [0.1, 0.15) is 109 Å². The minimum atomic E-state index is -0.243. The van der Waals surface area contributed by atoms with E-state index >= 15 is 0 Å². The Bertz CT molecular complexity index is 2260. The second-order valence-electron chi connectivity index (χ2n) is 15.7. The molecule has 5 heterocycles. The van der Waals surface area contributed by atoms with Gasteiger partial charge in [0.1, 0.15) is 30.0 Å². The number of aromatic amines is 1. The van der Waals surface area contributed by atoms with E-state index in [9.17, 15) is 9.59 Å². The zero-order chi connectivity index (χ0) is 37.1. The number of rotatable bonds is 9. The maximum absolute atomic E-state index is 13.4. The Kier molecular flexibility index (Phi) is 9.62. The van der Waals surface area contributed by atoms with Crippen molar-refractivity contribution in [3.63, 3.8) is 0 Å². The first-order chi connectivity index (χ1) is 25.6. The van der Waals surface area contributed by atoms with Crippen molar-refractivity contribution < 1.29 is 14.3 Å². The number of imidazole rings is 2. The average molecular weight is 825 g/mol. The molecule has 53 heavy (non-hydrogen) atoms. The normalized spacial score (nSPS) is 20.9. The van der Waals surface area contributed by atoms with Crippen molar-refractivity contribution in [2.75, 3.05) is 6.54 Å². The van der Waals surface area contributed by atoms with Gasteiger partial charge in [0.15, 0.2) is 0 Å². The Morgan fingerprint density at radius 3 is 2.58 bits per heavy atom. The predicted molar refractivity (Wildman–Crippen MR) is 219 cm³/mol. The Labute approximate surface area is 325 Å². The molecule has 276 valence electrons. The molecule has 2 saturated heterocycles. The van der Waals surface area contributed by atoms with Crippen molar-refractivity contribution in [2.24, 2.45) is 11.8 Å². The predicted octanol–water partition coefficient (Wildman–Crippen LogP) is 10.1. The van der Waals surface area contributed by atoms with Gasteiger partial charge >= 0.3 is 0 Å². The largest absolute Gasteiger partial charge is 0.488 e. The summed E-state index contributed by atoms with van der Waals surface area (Å²) in [6.07, 6.45) is 7.68. The number of fused-ring (bicyclic) bond motifs is 6. The molecule has 3 aliphatic heterocycles. The average Bonchev–Trinajstić information content (AvgIpc) is 3.95. The van der Waals surface area contributed by atoms with Crippen molar-refractivity contribution in [1.82, 2.24) is 27.5 Å². The molecule has 10 heteroatoms. The number of nitrogens with one attached hydrogen (secondary N) is 1. The van der Waals surface area contributed by atoms with Crippen molar-refractivity contribution in [1.29, 1.82) is 0 Å². The fraction of sp³-hybridized carbons (Fsp3) is 0.442. The van der Waals surface area contributed by atoms with E-state index in [-0.39, 0.29) is 29.9 Å². The number of hydrogen-bond donors (Lipinski definition) is 1. The smallest absolute Gasteiger partial charge is 0.223 e. The van der Waals surface area contributed by atoms with E-state index in [0.29, 0.717) is 31.3 Å². The third-order valence-electron chi connectivity index (χ3n) is 11.9. The number of halogens is 1. The van der Waals surface area contributed by atoms with Crippen LogP contribution in [0.5, 0.6) is 5.75 Å². The number of aromatic nitrogens is 4. The van der Waals surface area contributed by atoms with Crippen LogP contribution in [0.3, 0.4) is 0 Å². The maximum atomic E-state index is 13.4. The zero-order valence-corrected chi connectivity index (χ0v) is 33.6. The van der Waals surface area contributed by atoms with E-state index in [0.717, 1.165) is 111 Å². The molecule has 0 aliphatic carbocycles. The molecule has 0 bridgehead atoms. The number of likely N-dealkylation sites (tertiary alicyclic amines) is 2. The number of carbonyl (C=O) groups excluding carboxylic acids is 2. The summed E-state index contributed by atoms with van der Waals surface area (Å²) in [4.78, 5) is 44.2. The quantitative estimate of drug-likeness (QED) is 0.118. The van der Waals surface area contributed by atoms with E-state index < -0.39 is 0 Å². The lowest BCUT2D eigenvalue weighted by atomic mass is 9.92. The zero-order valence-electron chi connectivity index (χ0n) is 31.4. The van der Waals surface area contributed by atoms with E-state index in [2.05, 4.69) is 119 Å². The van der Waals surface area contributed by atoms with Crippen LogP contribution in [-0.2, 0) is 16.2 Å². The van der Waals surface area contributed by atoms with Gasteiger partial charge in [0.05, 0.1) is 51.8 Å². The fourth-order valence-electron chi connectivity index (χ4n) is 8.56. The number of hydrogen-bond acceptors (Lipinski definition) is 5. The fourth-order valence-corrected chi connectivity index (χ4v) is 9.49. The number of ether oxygens (including phenoxy) is 1. The van der Waals surface area contributed by atoms with Crippen LogP contribution in [-0.4, -0.2) is 51.9 Å². The first-order valence-corrected chi connectivity index (χ1v) is 20.3. The van der Waals surface area contributed by atoms with Gasteiger partial charge in [-0.2, -0.15) is 0 Å². The van der Waals surface area contributed by atoms with E-state index in [4.69, 9.17) is 14.7 Å². The van der Waals surface area contributed by atoms with Crippen molar-refractivity contribution >= 4 is 56.5 Å². The number of H-pyrrole nitrogens is 1. The summed E-state index contributed by atoms with van der Waals surface area (Å²) in [5.41, 5.74) is 8.27. The van der Waals surface area contributed by atoms with E-state index in [1.165, 1.54) is 0 Å². The Hall–Kier alpha value is -4.19. The summed E-state index contributed by atoms with van der Waals surface area (Å²) < 4.78 is 8.64. The summed E-state index contributed by atoms with van der Waals surface area (Å²) in [7, 11) is 0. The second-order valence-corrected chi connectivity index (χ2v) is 16.7. The second kappa shape index (κ2) is 14.2. The molecular weight excluding hydrogens is 775 g/mol. The highest BCUT2D eigenvalue weighted by atomic mass is 127. The van der Waals surface area contributed by atoms with Crippen LogP contribution in [0.4, 0.5) is 0 Å². The third-order valence-corrected chi connectivity index (χ3v) is 12.9. The molecule has 5 aromatic rings. The SMILES string of the molecule is C=C1C[C@H](C)N(C(=O)C[C@@H](C)CC)[C@@H]1c1ncc(-c2ccc3c(c2)COc2cc4c(ccc5nc([C@@H]6CCCN6C(=O)C[C@@H](C)CC)n(I)c54)cc2-3)[nH]1. The molecule has 5 atom stereocenters. The van der Waals surface area contributed by atoms with Crippen LogP contribution >= 0.6 is 22.9 Å². The molecule has 2 fully saturated rings. The molecule has 0 radical (unpaired) electrons. The topological polar surface area (TPSA) is 96.3 Å². The summed E-state index contributed by atoms with van der Waals surface area (Å²) in [6, 6.07) is 15.0. The van der Waals surface area contributed by atoms with E-state index in [1.54, 1.807) is 0 Å². The van der Waals surface area contributed by atoms with Crippen LogP contribution in [0.2, 0.25) is 0 Å². The highest BCUT2D eigenvalue weighted by Gasteiger charge is 2.40. The first-order valence-electron chi connectivity index (χ1n) is 19.3. The molecule has 9 nitrogen and oxygen atoms in total. The molecular formula is C43H49IN6O3. The van der Waals surface area contributed by atoms with Crippen LogP contribution in [0, 0.1) is 11.8 Å². The molecule has 3 aliphatic rings. The maximum Gasteiger partial charge on any atom is 0.223 e. The molecule has 0 saturated carbocycles. The number of benzene rings is 3. The number of amides is 2. The van der Waals surface area contributed by atoms with Gasteiger partial charge < -0.3 is 19.5 Å². The van der Waals surface area contributed by atoms with Gasteiger partial charge in [-0.1, -0.05) is 65.3 Å². The Morgan fingerprint density at radius 1 is 1.04 bits per heavy atom. The lowest BCUT2D eigenvalue weighted by Crippen LogP contribution is -2.37. The van der Waals surface area contributed by atoms with Gasteiger partial charge in [-0.3, -0.25) is 12.4 Å². The minimum Gasteiger partial charge on any atom is -0.488 e. The summed E-state index contributed by atoms with van der Waals surface area (Å²) >= 11 is 2.37. The molecule has 1 N–H and O–H groups in total. The van der Waals surface area contributed by atoms with Crippen LogP contribution in [0.15, 0.2) is 60.8 Å². The monoisotopic (exact) mass is 824 g/mol. The van der Waals surface area contributed by atoms with Crippen molar-refractivity contribution in [3.05, 3.63) is 78.0 Å². The Morgan fingerprint density at radius 2 is 1.81 bits per heavy atom. The van der Waals surface area contributed by atoms with Gasteiger partial charge in [-0.25, -0.2) is 9.97 Å². The molecule has 0 unspecified atom stereocenters. The standard InChI is InChI=1S/C43H49IN6O3/c1-7-24(3)16-38(51)48-15-9-10-36(48)43-47-34-14-12-28-20-33-31-13-11-29(19-30(31)23-53-37(33)21-32(28)41(34)50(43)44)35-22-45-42(46-35)40-26(5)18-27(6)49(40)39(52)17-25(4)8-2/h11-14,19-22,24-25,27,36,40H,5,7-10,15-18,23H2,1-4,6H3,(H,45,46)/t24-,25-,27-,36-,40-/m0/s1. The van der Waals surface area contributed by atoms with Crippen LogP contribution < -0.4 is 4.74 Å². The van der Waals surface area contributed by atoms with E-state index in [1.807, 2.05) is 11.1 Å². The van der Waals surface area contributed by atoms with Crippen molar-refractivity contribution in [3.8, 4) is 28.1 Å². The highest BCUT2D eigenvalue weighted by molar-refractivity contribution is 14.1. The molecule has 0 spiro atoms. The summed E-state index contributed by atoms with van der Waals surface area (Å²) in [5.74, 6) is 3.68. The molecule has 8 rings (SSSR count). The Balaban J connectivity index is 1.08.